The smallest absolute Gasteiger partial charge is 0.342 e. The van der Waals surface area contributed by atoms with E-state index in [-0.39, 0.29) is 13.2 Å². The normalized spacial score (nSPS) is 18.6. The van der Waals surface area contributed by atoms with Crippen molar-refractivity contribution in [3.05, 3.63) is 63.6 Å². The summed E-state index contributed by atoms with van der Waals surface area (Å²) in [6.07, 6.45) is 0. The fourth-order valence-corrected chi connectivity index (χ4v) is 3.31. The van der Waals surface area contributed by atoms with Crippen molar-refractivity contribution in [2.45, 2.75) is 13.8 Å². The lowest BCUT2D eigenvalue weighted by Gasteiger charge is -2.24. The molecule has 146 valence electrons. The van der Waals surface area contributed by atoms with Gasteiger partial charge in [0.1, 0.15) is 5.41 Å². The highest BCUT2D eigenvalue weighted by molar-refractivity contribution is 9.10. The molecular formula is C20H19BrClN3O3. The van der Waals surface area contributed by atoms with Gasteiger partial charge in [-0.1, -0.05) is 39.7 Å². The number of urea groups is 1. The molecule has 0 aromatic heterocycles. The van der Waals surface area contributed by atoms with E-state index in [0.717, 1.165) is 4.47 Å². The van der Waals surface area contributed by atoms with E-state index in [9.17, 15) is 9.59 Å². The van der Waals surface area contributed by atoms with Crippen LogP contribution < -0.4 is 5.32 Å². The number of anilines is 1. The maximum absolute atomic E-state index is 12.7. The van der Waals surface area contributed by atoms with E-state index in [1.54, 1.807) is 50.2 Å². The highest BCUT2D eigenvalue weighted by atomic mass is 79.9. The van der Waals surface area contributed by atoms with Gasteiger partial charge in [0.05, 0.1) is 18.9 Å². The first kappa shape index (κ1) is 20.4. The number of carbonyl (C=O) groups is 2. The Morgan fingerprint density at radius 2 is 1.86 bits per heavy atom. The van der Waals surface area contributed by atoms with Crippen LogP contribution in [0.15, 0.2) is 58.1 Å². The number of benzene rings is 2. The minimum atomic E-state index is -1.08. The topological polar surface area (TPSA) is 71.0 Å². The van der Waals surface area contributed by atoms with E-state index in [1.807, 2.05) is 12.1 Å². The Morgan fingerprint density at radius 3 is 2.46 bits per heavy atom. The fourth-order valence-electron chi connectivity index (χ4n) is 2.91. The second kappa shape index (κ2) is 8.32. The van der Waals surface area contributed by atoms with Crippen molar-refractivity contribution in [1.29, 1.82) is 0 Å². The van der Waals surface area contributed by atoms with Crippen LogP contribution >= 0.6 is 27.5 Å². The quantitative estimate of drug-likeness (QED) is 0.653. The molecule has 1 N–H and O–H groups in total. The van der Waals surface area contributed by atoms with Gasteiger partial charge in [0, 0.05) is 15.2 Å². The number of ether oxygens (including phenoxy) is 1. The average molecular weight is 465 g/mol. The Balaban J connectivity index is 1.90. The van der Waals surface area contributed by atoms with Crippen LogP contribution in [0.4, 0.5) is 10.5 Å². The standard InChI is InChI=1S/C20H19BrClN3O3/c1-3-28-18(26)20(2)12-25(19(27)23-16-10-6-14(21)7-11-16)24-17(20)13-4-8-15(22)9-5-13/h4-11H,3,12H2,1-2H3,(H,23,27). The van der Waals surface area contributed by atoms with Crippen LogP contribution in [0.25, 0.3) is 0 Å². The lowest BCUT2D eigenvalue weighted by molar-refractivity contribution is -0.150. The fraction of sp³-hybridized carbons (Fsp3) is 0.250. The molecule has 0 bridgehead atoms. The molecule has 1 aliphatic rings. The highest BCUT2D eigenvalue weighted by Crippen LogP contribution is 2.33. The number of nitrogens with one attached hydrogen (secondary N) is 1. The van der Waals surface area contributed by atoms with Gasteiger partial charge in [-0.15, -0.1) is 0 Å². The lowest BCUT2D eigenvalue weighted by Crippen LogP contribution is -2.42. The molecule has 2 amide bonds. The zero-order valence-corrected chi connectivity index (χ0v) is 17.8. The van der Waals surface area contributed by atoms with Gasteiger partial charge in [0.25, 0.3) is 0 Å². The van der Waals surface area contributed by atoms with E-state index in [0.29, 0.717) is 22.0 Å². The van der Waals surface area contributed by atoms with Gasteiger partial charge in [-0.25, -0.2) is 9.80 Å². The SMILES string of the molecule is CCOC(=O)C1(C)CN(C(=O)Nc2ccc(Br)cc2)N=C1c1ccc(Cl)cc1. The Bertz CT molecular complexity index is 915. The number of amides is 2. The molecule has 1 heterocycles. The summed E-state index contributed by atoms with van der Waals surface area (Å²) < 4.78 is 6.16. The number of carbonyl (C=O) groups excluding carboxylic acids is 2. The molecule has 0 fully saturated rings. The summed E-state index contributed by atoms with van der Waals surface area (Å²) in [5.41, 5.74) is 0.717. The largest absolute Gasteiger partial charge is 0.465 e. The van der Waals surface area contributed by atoms with Crippen molar-refractivity contribution >= 4 is 50.9 Å². The molecule has 1 atom stereocenters. The molecule has 0 saturated heterocycles. The number of hydrogen-bond acceptors (Lipinski definition) is 4. The lowest BCUT2D eigenvalue weighted by atomic mass is 9.82. The minimum absolute atomic E-state index is 0.0756. The number of rotatable bonds is 4. The second-order valence-electron chi connectivity index (χ2n) is 6.50. The number of halogens is 2. The van der Waals surface area contributed by atoms with E-state index >= 15 is 0 Å². The average Bonchev–Trinajstić information content (AvgIpc) is 3.04. The monoisotopic (exact) mass is 463 g/mol. The van der Waals surface area contributed by atoms with Crippen LogP contribution in [-0.4, -0.2) is 35.9 Å². The van der Waals surface area contributed by atoms with Gasteiger partial charge in [0.2, 0.25) is 0 Å². The van der Waals surface area contributed by atoms with Crippen molar-refractivity contribution in [1.82, 2.24) is 5.01 Å². The maximum atomic E-state index is 12.7. The summed E-state index contributed by atoms with van der Waals surface area (Å²) in [5.74, 6) is -0.428. The molecular weight excluding hydrogens is 446 g/mol. The van der Waals surface area contributed by atoms with Crippen LogP contribution in [0, 0.1) is 5.41 Å². The predicted molar refractivity (Wildman–Crippen MR) is 113 cm³/mol. The van der Waals surface area contributed by atoms with Gasteiger partial charge in [0.15, 0.2) is 0 Å². The van der Waals surface area contributed by atoms with Crippen molar-refractivity contribution in [3.8, 4) is 0 Å². The summed E-state index contributed by atoms with van der Waals surface area (Å²) in [6, 6.07) is 13.7. The molecule has 0 spiro atoms. The first-order valence-corrected chi connectivity index (χ1v) is 9.87. The van der Waals surface area contributed by atoms with E-state index in [1.165, 1.54) is 5.01 Å². The third-order valence-corrected chi connectivity index (χ3v) is 5.16. The van der Waals surface area contributed by atoms with Crippen LogP contribution in [0.3, 0.4) is 0 Å². The highest BCUT2D eigenvalue weighted by Gasteiger charge is 2.48. The summed E-state index contributed by atoms with van der Waals surface area (Å²) in [7, 11) is 0. The molecule has 0 saturated carbocycles. The van der Waals surface area contributed by atoms with E-state index in [4.69, 9.17) is 16.3 Å². The second-order valence-corrected chi connectivity index (χ2v) is 7.85. The molecule has 28 heavy (non-hydrogen) atoms. The Hall–Kier alpha value is -2.38. The van der Waals surface area contributed by atoms with Crippen LogP contribution in [0.1, 0.15) is 19.4 Å². The Labute approximate surface area is 176 Å². The molecule has 6 nitrogen and oxygen atoms in total. The molecule has 0 aliphatic carbocycles. The van der Waals surface area contributed by atoms with Crippen molar-refractivity contribution in [2.75, 3.05) is 18.5 Å². The first-order chi connectivity index (χ1) is 13.3. The van der Waals surface area contributed by atoms with E-state index in [2.05, 4.69) is 26.3 Å². The maximum Gasteiger partial charge on any atom is 0.342 e. The number of nitrogens with zero attached hydrogens (tertiary/aromatic N) is 2. The summed E-state index contributed by atoms with van der Waals surface area (Å²) >= 11 is 9.33. The number of hydrogen-bond donors (Lipinski definition) is 1. The third kappa shape index (κ3) is 4.20. The molecule has 2 aromatic rings. The zero-order valence-electron chi connectivity index (χ0n) is 15.4. The first-order valence-electron chi connectivity index (χ1n) is 8.70. The van der Waals surface area contributed by atoms with Gasteiger partial charge >= 0.3 is 12.0 Å². The van der Waals surface area contributed by atoms with Crippen LogP contribution in [-0.2, 0) is 9.53 Å². The van der Waals surface area contributed by atoms with Gasteiger partial charge < -0.3 is 10.1 Å². The number of esters is 1. The van der Waals surface area contributed by atoms with Gasteiger partial charge in [-0.05, 0) is 55.8 Å². The van der Waals surface area contributed by atoms with Gasteiger partial charge in [-0.3, -0.25) is 4.79 Å². The Morgan fingerprint density at radius 1 is 1.21 bits per heavy atom. The minimum Gasteiger partial charge on any atom is -0.465 e. The molecule has 1 aliphatic heterocycles. The summed E-state index contributed by atoms with van der Waals surface area (Å²) in [5, 5.41) is 9.06. The van der Waals surface area contributed by atoms with Crippen molar-refractivity contribution in [2.24, 2.45) is 10.5 Å². The molecule has 3 rings (SSSR count). The van der Waals surface area contributed by atoms with Crippen LogP contribution in [0.2, 0.25) is 5.02 Å². The van der Waals surface area contributed by atoms with Gasteiger partial charge in [-0.2, -0.15) is 5.10 Å². The summed E-state index contributed by atoms with van der Waals surface area (Å²) in [6.45, 7) is 3.79. The van der Waals surface area contributed by atoms with Crippen molar-refractivity contribution in [3.63, 3.8) is 0 Å². The molecule has 8 heteroatoms. The third-order valence-electron chi connectivity index (χ3n) is 4.38. The molecule has 0 radical (unpaired) electrons. The molecule has 1 unspecified atom stereocenters. The molecule has 2 aromatic carbocycles. The van der Waals surface area contributed by atoms with Crippen LogP contribution in [0.5, 0.6) is 0 Å². The Kier molecular flexibility index (Phi) is 6.05. The predicted octanol–water partition coefficient (Wildman–Crippen LogP) is 4.92. The van der Waals surface area contributed by atoms with E-state index < -0.39 is 17.4 Å². The van der Waals surface area contributed by atoms with Crippen molar-refractivity contribution < 1.29 is 14.3 Å². The zero-order chi connectivity index (χ0) is 20.3. The number of hydrazone groups is 1. The summed E-state index contributed by atoms with van der Waals surface area (Å²) in [4.78, 5) is 25.4.